The van der Waals surface area contributed by atoms with Crippen molar-refractivity contribution in [2.45, 2.75) is 39.4 Å². The normalized spacial score (nSPS) is 11.1. The van der Waals surface area contributed by atoms with Crippen molar-refractivity contribution in [3.63, 3.8) is 0 Å². The van der Waals surface area contributed by atoms with Crippen LogP contribution in [0.1, 0.15) is 26.3 Å². The van der Waals surface area contributed by atoms with Crippen molar-refractivity contribution in [2.24, 2.45) is 0 Å². The average Bonchev–Trinajstić information content (AvgIpc) is 3.06. The van der Waals surface area contributed by atoms with Crippen LogP contribution in [-0.2, 0) is 11.3 Å². The SMILES string of the molecule is CCN(CC)CCNC(=O)CSc1nnc(-c2ccccc2C)n1CC. The van der Waals surface area contributed by atoms with E-state index in [2.05, 4.69) is 64.8 Å². The van der Waals surface area contributed by atoms with Gasteiger partial charge in [0.2, 0.25) is 5.91 Å². The minimum atomic E-state index is 0.0326. The van der Waals surface area contributed by atoms with E-state index in [0.717, 1.165) is 42.7 Å². The Hall–Kier alpha value is -1.86. The number of carbonyl (C=O) groups is 1. The van der Waals surface area contributed by atoms with Crippen LogP contribution in [0.3, 0.4) is 0 Å². The first-order chi connectivity index (χ1) is 12.6. The lowest BCUT2D eigenvalue weighted by molar-refractivity contribution is -0.118. The van der Waals surface area contributed by atoms with E-state index in [1.54, 1.807) is 0 Å². The summed E-state index contributed by atoms with van der Waals surface area (Å²) in [5, 5.41) is 12.4. The first-order valence-corrected chi connectivity index (χ1v) is 10.2. The van der Waals surface area contributed by atoms with E-state index in [4.69, 9.17) is 0 Å². The summed E-state index contributed by atoms with van der Waals surface area (Å²) in [4.78, 5) is 14.4. The molecule has 1 aromatic heterocycles. The number of nitrogens with one attached hydrogen (secondary N) is 1. The Labute approximate surface area is 160 Å². The van der Waals surface area contributed by atoms with Gasteiger partial charge in [-0.25, -0.2) is 0 Å². The van der Waals surface area contributed by atoms with E-state index in [1.807, 2.05) is 12.1 Å². The molecule has 142 valence electrons. The molecule has 1 aromatic carbocycles. The molecule has 0 aliphatic rings. The van der Waals surface area contributed by atoms with Crippen molar-refractivity contribution < 1.29 is 4.79 Å². The number of hydrogen-bond donors (Lipinski definition) is 1. The van der Waals surface area contributed by atoms with Gasteiger partial charge in [-0.1, -0.05) is 49.9 Å². The molecular formula is C19H29N5OS. The summed E-state index contributed by atoms with van der Waals surface area (Å²) in [7, 11) is 0. The minimum absolute atomic E-state index is 0.0326. The molecule has 7 heteroatoms. The Kier molecular flexibility index (Phi) is 8.12. The number of amides is 1. The molecule has 26 heavy (non-hydrogen) atoms. The molecular weight excluding hydrogens is 346 g/mol. The molecule has 0 spiro atoms. The van der Waals surface area contributed by atoms with E-state index in [-0.39, 0.29) is 5.91 Å². The Balaban J connectivity index is 1.94. The van der Waals surface area contributed by atoms with Crippen LogP contribution >= 0.6 is 11.8 Å². The van der Waals surface area contributed by atoms with Crippen molar-refractivity contribution in [3.05, 3.63) is 29.8 Å². The molecule has 1 N–H and O–H groups in total. The Morgan fingerprint density at radius 2 is 1.92 bits per heavy atom. The van der Waals surface area contributed by atoms with Crippen LogP contribution in [0, 0.1) is 6.92 Å². The highest BCUT2D eigenvalue weighted by molar-refractivity contribution is 7.99. The molecule has 1 amide bonds. The van der Waals surface area contributed by atoms with Crippen molar-refractivity contribution in [2.75, 3.05) is 31.9 Å². The van der Waals surface area contributed by atoms with Gasteiger partial charge in [0.1, 0.15) is 0 Å². The van der Waals surface area contributed by atoms with Gasteiger partial charge in [-0.3, -0.25) is 4.79 Å². The number of likely N-dealkylation sites (N-methyl/N-ethyl adjacent to an activating group) is 1. The van der Waals surface area contributed by atoms with E-state index >= 15 is 0 Å². The summed E-state index contributed by atoms with van der Waals surface area (Å²) >= 11 is 1.44. The maximum Gasteiger partial charge on any atom is 0.230 e. The molecule has 0 saturated carbocycles. The van der Waals surface area contributed by atoms with Crippen LogP contribution in [0.2, 0.25) is 0 Å². The molecule has 0 bridgehead atoms. The first kappa shape index (κ1) is 20.5. The molecule has 6 nitrogen and oxygen atoms in total. The zero-order chi connectivity index (χ0) is 18.9. The van der Waals surface area contributed by atoms with Crippen molar-refractivity contribution in [3.8, 4) is 11.4 Å². The van der Waals surface area contributed by atoms with Gasteiger partial charge in [0.05, 0.1) is 5.75 Å². The van der Waals surface area contributed by atoms with E-state index in [9.17, 15) is 4.79 Å². The van der Waals surface area contributed by atoms with E-state index in [1.165, 1.54) is 17.3 Å². The third-order valence-corrected chi connectivity index (χ3v) is 5.36. The molecule has 0 unspecified atom stereocenters. The number of nitrogens with zero attached hydrogens (tertiary/aromatic N) is 4. The van der Waals surface area contributed by atoms with Crippen LogP contribution < -0.4 is 5.32 Å². The van der Waals surface area contributed by atoms with Crippen molar-refractivity contribution in [1.82, 2.24) is 25.0 Å². The second-order valence-corrected chi connectivity index (χ2v) is 6.97. The molecule has 2 aromatic rings. The second-order valence-electron chi connectivity index (χ2n) is 6.03. The topological polar surface area (TPSA) is 63.1 Å². The second kappa shape index (κ2) is 10.3. The molecule has 0 aliphatic heterocycles. The maximum atomic E-state index is 12.1. The monoisotopic (exact) mass is 375 g/mol. The average molecular weight is 376 g/mol. The first-order valence-electron chi connectivity index (χ1n) is 9.21. The molecule has 0 fully saturated rings. The van der Waals surface area contributed by atoms with Crippen LogP contribution in [0.25, 0.3) is 11.4 Å². The number of carbonyl (C=O) groups excluding carboxylic acids is 1. The number of hydrogen-bond acceptors (Lipinski definition) is 5. The molecule has 1 heterocycles. The number of aromatic nitrogens is 3. The molecule has 0 radical (unpaired) electrons. The number of thioether (sulfide) groups is 1. The Morgan fingerprint density at radius 3 is 2.58 bits per heavy atom. The summed E-state index contributed by atoms with van der Waals surface area (Å²) in [5.74, 6) is 1.24. The zero-order valence-electron chi connectivity index (χ0n) is 16.2. The summed E-state index contributed by atoms with van der Waals surface area (Å²) in [6, 6.07) is 8.15. The Morgan fingerprint density at radius 1 is 1.19 bits per heavy atom. The fourth-order valence-electron chi connectivity index (χ4n) is 2.78. The summed E-state index contributed by atoms with van der Waals surface area (Å²) in [6.07, 6.45) is 0. The molecule has 2 rings (SSSR count). The third-order valence-electron chi connectivity index (χ3n) is 4.40. The largest absolute Gasteiger partial charge is 0.354 e. The molecule has 0 saturated heterocycles. The van der Waals surface area contributed by atoms with Crippen LogP contribution in [0.4, 0.5) is 0 Å². The minimum Gasteiger partial charge on any atom is -0.354 e. The van der Waals surface area contributed by atoms with E-state index < -0.39 is 0 Å². The standard InChI is InChI=1S/C19H29N5OS/c1-5-23(6-2)13-12-20-17(25)14-26-19-22-21-18(24(19)7-3)16-11-9-8-10-15(16)4/h8-11H,5-7,12-14H2,1-4H3,(H,20,25). The fraction of sp³-hybridized carbons (Fsp3) is 0.526. The fourth-order valence-corrected chi connectivity index (χ4v) is 3.61. The quantitative estimate of drug-likeness (QED) is 0.647. The number of benzene rings is 1. The lowest BCUT2D eigenvalue weighted by Crippen LogP contribution is -2.35. The highest BCUT2D eigenvalue weighted by atomic mass is 32.2. The number of aryl methyl sites for hydroxylation is 1. The summed E-state index contributed by atoms with van der Waals surface area (Å²) in [6.45, 7) is 12.7. The Bertz CT molecular complexity index is 712. The predicted octanol–water partition coefficient (Wildman–Crippen LogP) is 2.82. The van der Waals surface area contributed by atoms with Gasteiger partial charge in [0.25, 0.3) is 0 Å². The lowest BCUT2D eigenvalue weighted by atomic mass is 10.1. The maximum absolute atomic E-state index is 12.1. The van der Waals surface area contributed by atoms with Crippen molar-refractivity contribution in [1.29, 1.82) is 0 Å². The van der Waals surface area contributed by atoms with Gasteiger partial charge in [-0.2, -0.15) is 0 Å². The van der Waals surface area contributed by atoms with Crippen LogP contribution in [0.5, 0.6) is 0 Å². The van der Waals surface area contributed by atoms with Gasteiger partial charge in [0.15, 0.2) is 11.0 Å². The molecule has 0 aliphatic carbocycles. The van der Waals surface area contributed by atoms with Crippen LogP contribution in [-0.4, -0.2) is 57.5 Å². The number of rotatable bonds is 10. The predicted molar refractivity (Wildman–Crippen MR) is 107 cm³/mol. The highest BCUT2D eigenvalue weighted by Gasteiger charge is 2.15. The van der Waals surface area contributed by atoms with Gasteiger partial charge in [-0.05, 0) is 32.5 Å². The summed E-state index contributed by atoms with van der Waals surface area (Å²) in [5.41, 5.74) is 2.25. The smallest absolute Gasteiger partial charge is 0.230 e. The van der Waals surface area contributed by atoms with Gasteiger partial charge in [0, 0.05) is 25.2 Å². The zero-order valence-corrected chi connectivity index (χ0v) is 17.0. The highest BCUT2D eigenvalue weighted by Crippen LogP contribution is 2.25. The molecule has 0 atom stereocenters. The lowest BCUT2D eigenvalue weighted by Gasteiger charge is -2.17. The van der Waals surface area contributed by atoms with Crippen molar-refractivity contribution >= 4 is 17.7 Å². The summed E-state index contributed by atoms with van der Waals surface area (Å²) < 4.78 is 2.07. The van der Waals surface area contributed by atoms with Crippen LogP contribution in [0.15, 0.2) is 29.4 Å². The third kappa shape index (κ3) is 5.32. The van der Waals surface area contributed by atoms with Gasteiger partial charge >= 0.3 is 0 Å². The van der Waals surface area contributed by atoms with Gasteiger partial charge < -0.3 is 14.8 Å². The van der Waals surface area contributed by atoms with Gasteiger partial charge in [-0.15, -0.1) is 10.2 Å². The van der Waals surface area contributed by atoms with E-state index in [0.29, 0.717) is 12.3 Å².